The Kier molecular flexibility index (Phi) is 8.40. The van der Waals surface area contributed by atoms with E-state index in [0.717, 1.165) is 12.1 Å². The SMILES string of the molecule is CC(C)C(C)NC(Nc1cc(C(F)(F)F)cc(C(F)(F)F)c1)=C(C#N)S(=O)(=O)c1ccc(Cl)cc1. The lowest BCUT2D eigenvalue weighted by Gasteiger charge is -2.24. The highest BCUT2D eigenvalue weighted by molar-refractivity contribution is 7.95. The lowest BCUT2D eigenvalue weighted by atomic mass is 10.1. The van der Waals surface area contributed by atoms with Gasteiger partial charge in [-0.2, -0.15) is 31.6 Å². The Bertz CT molecular complexity index is 1220. The van der Waals surface area contributed by atoms with Crippen LogP contribution in [0, 0.1) is 17.2 Å². The molecule has 0 amide bonds. The number of anilines is 1. The molecule has 0 fully saturated rings. The van der Waals surface area contributed by atoms with E-state index in [-0.39, 0.29) is 21.9 Å². The van der Waals surface area contributed by atoms with Crippen molar-refractivity contribution in [1.29, 1.82) is 5.26 Å². The molecule has 35 heavy (non-hydrogen) atoms. The first-order chi connectivity index (χ1) is 16.0. The first-order valence-corrected chi connectivity index (χ1v) is 11.8. The predicted molar refractivity (Wildman–Crippen MR) is 119 cm³/mol. The lowest BCUT2D eigenvalue weighted by molar-refractivity contribution is -0.143. The third-order valence-electron chi connectivity index (χ3n) is 4.95. The van der Waals surface area contributed by atoms with Crippen LogP contribution in [-0.2, 0) is 22.2 Å². The van der Waals surface area contributed by atoms with Crippen molar-refractivity contribution >= 4 is 27.1 Å². The number of nitrogens with zero attached hydrogens (tertiary/aromatic N) is 1. The molecule has 2 aromatic carbocycles. The molecule has 5 nitrogen and oxygen atoms in total. The van der Waals surface area contributed by atoms with Gasteiger partial charge >= 0.3 is 12.4 Å². The Morgan fingerprint density at radius 1 is 0.943 bits per heavy atom. The monoisotopic (exact) mass is 539 g/mol. The van der Waals surface area contributed by atoms with Crippen molar-refractivity contribution in [3.8, 4) is 6.07 Å². The minimum atomic E-state index is -5.12. The van der Waals surface area contributed by atoms with E-state index in [1.165, 1.54) is 18.2 Å². The summed E-state index contributed by atoms with van der Waals surface area (Å²) in [5, 5.41) is 14.9. The van der Waals surface area contributed by atoms with Crippen molar-refractivity contribution in [3.05, 3.63) is 69.3 Å². The van der Waals surface area contributed by atoms with Crippen LogP contribution < -0.4 is 10.6 Å². The maximum atomic E-state index is 13.3. The molecule has 0 aliphatic rings. The zero-order valence-corrected chi connectivity index (χ0v) is 20.1. The Hall–Kier alpha value is -2.91. The van der Waals surface area contributed by atoms with Gasteiger partial charge in [-0.15, -0.1) is 0 Å². The summed E-state index contributed by atoms with van der Waals surface area (Å²) in [6.07, 6.45) is -10.2. The summed E-state index contributed by atoms with van der Waals surface area (Å²) in [6.45, 7) is 5.08. The first-order valence-electron chi connectivity index (χ1n) is 9.95. The van der Waals surface area contributed by atoms with Crippen molar-refractivity contribution in [3.63, 3.8) is 0 Å². The molecule has 0 radical (unpaired) electrons. The summed E-state index contributed by atoms with van der Waals surface area (Å²) in [5.41, 5.74) is -3.93. The summed E-state index contributed by atoms with van der Waals surface area (Å²) in [7, 11) is -4.55. The minimum Gasteiger partial charge on any atom is -0.367 e. The Morgan fingerprint density at radius 2 is 1.43 bits per heavy atom. The Balaban J connectivity index is 2.76. The summed E-state index contributed by atoms with van der Waals surface area (Å²) >= 11 is 5.77. The Morgan fingerprint density at radius 3 is 1.83 bits per heavy atom. The molecule has 0 saturated heterocycles. The molecule has 1 atom stereocenters. The largest absolute Gasteiger partial charge is 0.416 e. The summed E-state index contributed by atoms with van der Waals surface area (Å²) in [5.74, 6) is -0.728. The number of benzene rings is 2. The number of nitrogens with one attached hydrogen (secondary N) is 2. The molecule has 0 bridgehead atoms. The number of allylic oxidation sites excluding steroid dienone is 1. The second kappa shape index (κ2) is 10.4. The molecular weight excluding hydrogens is 520 g/mol. The molecule has 2 N–H and O–H groups in total. The van der Waals surface area contributed by atoms with Crippen LogP contribution in [0.5, 0.6) is 0 Å². The zero-order chi connectivity index (χ0) is 26.8. The van der Waals surface area contributed by atoms with Gasteiger partial charge in [-0.05, 0) is 55.3 Å². The van der Waals surface area contributed by atoms with Crippen molar-refractivity contribution in [1.82, 2.24) is 5.32 Å². The van der Waals surface area contributed by atoms with Crippen LogP contribution in [0.1, 0.15) is 31.9 Å². The van der Waals surface area contributed by atoms with Gasteiger partial charge in [0.25, 0.3) is 0 Å². The van der Waals surface area contributed by atoms with Crippen LogP contribution in [0.3, 0.4) is 0 Å². The van der Waals surface area contributed by atoms with E-state index in [2.05, 4.69) is 10.6 Å². The average molecular weight is 540 g/mol. The maximum Gasteiger partial charge on any atom is 0.416 e. The molecule has 1 unspecified atom stereocenters. The van der Waals surface area contributed by atoms with Crippen molar-refractivity contribution in [2.75, 3.05) is 5.32 Å². The van der Waals surface area contributed by atoms with E-state index in [4.69, 9.17) is 11.6 Å². The van der Waals surface area contributed by atoms with Crippen LogP contribution in [0.4, 0.5) is 32.0 Å². The number of sulfone groups is 1. The predicted octanol–water partition coefficient (Wildman–Crippen LogP) is 6.59. The van der Waals surface area contributed by atoms with Gasteiger partial charge < -0.3 is 10.6 Å². The highest BCUT2D eigenvalue weighted by Gasteiger charge is 2.37. The molecule has 0 spiro atoms. The highest BCUT2D eigenvalue weighted by atomic mass is 35.5. The summed E-state index contributed by atoms with van der Waals surface area (Å²) < 4.78 is 106. The molecule has 2 rings (SSSR count). The maximum absolute atomic E-state index is 13.3. The molecule has 190 valence electrons. The van der Waals surface area contributed by atoms with Gasteiger partial charge in [0.05, 0.1) is 16.0 Å². The van der Waals surface area contributed by atoms with Gasteiger partial charge in [0.1, 0.15) is 11.9 Å². The fourth-order valence-corrected chi connectivity index (χ4v) is 4.06. The van der Waals surface area contributed by atoms with Gasteiger partial charge in [0.15, 0.2) is 4.91 Å². The van der Waals surface area contributed by atoms with Crippen LogP contribution in [0.2, 0.25) is 5.02 Å². The Labute approximate surface area is 203 Å². The normalized spacial score (nSPS) is 14.2. The topological polar surface area (TPSA) is 82.0 Å². The van der Waals surface area contributed by atoms with E-state index >= 15 is 0 Å². The summed E-state index contributed by atoms with van der Waals surface area (Å²) in [6, 6.07) is 6.42. The van der Waals surface area contributed by atoms with Crippen molar-refractivity contribution in [2.45, 2.75) is 44.1 Å². The number of nitriles is 1. The molecule has 0 heterocycles. The molecule has 0 saturated carbocycles. The van der Waals surface area contributed by atoms with Gasteiger partial charge in [0, 0.05) is 16.8 Å². The highest BCUT2D eigenvalue weighted by Crippen LogP contribution is 2.38. The smallest absolute Gasteiger partial charge is 0.367 e. The second-order valence-corrected chi connectivity index (χ2v) is 10.2. The molecule has 13 heteroatoms. The third kappa shape index (κ3) is 7.05. The van der Waals surface area contributed by atoms with Crippen molar-refractivity contribution < 1.29 is 34.8 Å². The second-order valence-electron chi connectivity index (χ2n) is 7.87. The number of halogens is 7. The van der Waals surface area contributed by atoms with E-state index in [9.17, 15) is 40.0 Å². The molecule has 0 aromatic heterocycles. The molecular formula is C22H20ClF6N3O2S. The van der Waals surface area contributed by atoms with Gasteiger partial charge in [0.2, 0.25) is 9.84 Å². The van der Waals surface area contributed by atoms with Crippen LogP contribution >= 0.6 is 11.6 Å². The number of alkyl halides is 6. The van der Waals surface area contributed by atoms with Gasteiger partial charge in [-0.1, -0.05) is 25.4 Å². The van der Waals surface area contributed by atoms with Gasteiger partial charge in [-0.25, -0.2) is 8.42 Å². The number of rotatable bonds is 7. The fourth-order valence-electron chi connectivity index (χ4n) is 2.71. The van der Waals surface area contributed by atoms with Crippen LogP contribution in [-0.4, -0.2) is 14.5 Å². The van der Waals surface area contributed by atoms with E-state index in [1.54, 1.807) is 20.8 Å². The fraction of sp³-hybridized carbons (Fsp3) is 0.318. The van der Waals surface area contributed by atoms with E-state index in [0.29, 0.717) is 12.1 Å². The van der Waals surface area contributed by atoms with Crippen LogP contribution in [0.25, 0.3) is 0 Å². The summed E-state index contributed by atoms with van der Waals surface area (Å²) in [4.78, 5) is -1.28. The molecule has 2 aromatic rings. The number of hydrogen-bond acceptors (Lipinski definition) is 5. The van der Waals surface area contributed by atoms with Crippen molar-refractivity contribution in [2.24, 2.45) is 5.92 Å². The average Bonchev–Trinajstić information content (AvgIpc) is 2.72. The van der Waals surface area contributed by atoms with Crippen LogP contribution in [0.15, 0.2) is 58.1 Å². The lowest BCUT2D eigenvalue weighted by Crippen LogP contribution is -2.35. The van der Waals surface area contributed by atoms with E-state index < -0.39 is 55.8 Å². The van der Waals surface area contributed by atoms with Gasteiger partial charge in [-0.3, -0.25) is 0 Å². The first kappa shape index (κ1) is 28.3. The molecule has 0 aliphatic heterocycles. The zero-order valence-electron chi connectivity index (χ0n) is 18.5. The minimum absolute atomic E-state index is 0.0611. The third-order valence-corrected chi connectivity index (χ3v) is 6.93. The quantitative estimate of drug-likeness (QED) is 0.306. The number of hydrogen-bond donors (Lipinski definition) is 2. The standard InChI is InChI=1S/C22H20ClF6N3O2S/c1-12(2)13(3)31-20(19(11-30)35(33,34)18-6-4-16(23)5-7-18)32-17-9-14(21(24,25)26)8-15(10-17)22(27,28)29/h4-10,12-13,31-32H,1-3H3. The van der Waals surface area contributed by atoms with E-state index in [1.807, 2.05) is 0 Å². The molecule has 0 aliphatic carbocycles.